The number of likely N-dealkylation sites (tertiary alicyclic amines) is 2. The van der Waals surface area contributed by atoms with Crippen LogP contribution in [0.25, 0.3) is 0 Å². The number of nitrogens with one attached hydrogen (secondary N) is 1. The summed E-state index contributed by atoms with van der Waals surface area (Å²) in [5.74, 6) is -0.582. The summed E-state index contributed by atoms with van der Waals surface area (Å²) in [4.78, 5) is 45.4. The van der Waals surface area contributed by atoms with Crippen molar-refractivity contribution in [3.63, 3.8) is 0 Å². The van der Waals surface area contributed by atoms with E-state index in [2.05, 4.69) is 5.32 Å². The Morgan fingerprint density at radius 1 is 1.08 bits per heavy atom. The zero-order chi connectivity index (χ0) is 25.7. The molecule has 4 rings (SSSR count). The smallest absolute Gasteiger partial charge is 0.255 e. The number of carbonyl (C=O) groups excluding carboxylic acids is 3. The molecule has 0 aliphatic carbocycles. The van der Waals surface area contributed by atoms with Gasteiger partial charge < -0.3 is 24.6 Å². The Kier molecular flexibility index (Phi) is 7.94. The van der Waals surface area contributed by atoms with Gasteiger partial charge in [0.25, 0.3) is 5.91 Å². The Labute approximate surface area is 212 Å². The van der Waals surface area contributed by atoms with E-state index in [1.54, 1.807) is 55.3 Å². The molecule has 8 heteroatoms. The molecule has 3 amide bonds. The fourth-order valence-electron chi connectivity index (χ4n) is 5.74. The monoisotopic (exact) mass is 493 g/mol. The molecule has 36 heavy (non-hydrogen) atoms. The van der Waals surface area contributed by atoms with Gasteiger partial charge in [0, 0.05) is 32.8 Å². The summed E-state index contributed by atoms with van der Waals surface area (Å²) in [6.45, 7) is 1.46. The van der Waals surface area contributed by atoms with E-state index in [0.717, 1.165) is 18.4 Å². The maximum absolute atomic E-state index is 14.4. The lowest BCUT2D eigenvalue weighted by atomic mass is 9.85. The van der Waals surface area contributed by atoms with Crippen LogP contribution in [0.2, 0.25) is 0 Å². The molecular weight excluding hydrogens is 458 g/mol. The number of hydrogen-bond donors (Lipinski definition) is 1. The van der Waals surface area contributed by atoms with E-state index < -0.39 is 17.5 Å². The van der Waals surface area contributed by atoms with E-state index in [9.17, 15) is 14.4 Å². The fourth-order valence-corrected chi connectivity index (χ4v) is 5.74. The number of amides is 3. The Hall–Kier alpha value is -3.39. The van der Waals surface area contributed by atoms with E-state index in [1.807, 2.05) is 30.3 Å². The third-order valence-electron chi connectivity index (χ3n) is 7.46. The number of hydrogen-bond acceptors (Lipinski definition) is 5. The first kappa shape index (κ1) is 25.7. The van der Waals surface area contributed by atoms with E-state index in [-0.39, 0.29) is 24.1 Å². The molecule has 8 nitrogen and oxygen atoms in total. The first-order valence-electron chi connectivity index (χ1n) is 12.5. The predicted octanol–water partition coefficient (Wildman–Crippen LogP) is 3.04. The molecule has 0 radical (unpaired) electrons. The van der Waals surface area contributed by atoms with Crippen LogP contribution in [0.1, 0.15) is 47.6 Å². The van der Waals surface area contributed by atoms with Crippen molar-refractivity contribution in [2.75, 3.05) is 41.0 Å². The van der Waals surface area contributed by atoms with Crippen LogP contribution >= 0.6 is 0 Å². The van der Waals surface area contributed by atoms with Crippen molar-refractivity contribution in [1.29, 1.82) is 0 Å². The van der Waals surface area contributed by atoms with Crippen LogP contribution < -0.4 is 10.1 Å². The Balaban J connectivity index is 1.90. The predicted molar refractivity (Wildman–Crippen MR) is 136 cm³/mol. The van der Waals surface area contributed by atoms with Crippen LogP contribution in [-0.2, 0) is 14.3 Å². The van der Waals surface area contributed by atoms with Crippen molar-refractivity contribution in [2.24, 2.45) is 5.92 Å². The van der Waals surface area contributed by atoms with Gasteiger partial charge >= 0.3 is 0 Å². The van der Waals surface area contributed by atoms with Crippen LogP contribution in [-0.4, -0.2) is 74.0 Å². The summed E-state index contributed by atoms with van der Waals surface area (Å²) in [7, 11) is 4.76. The normalized spacial score (nSPS) is 24.0. The van der Waals surface area contributed by atoms with Crippen LogP contribution in [0.3, 0.4) is 0 Å². The van der Waals surface area contributed by atoms with Gasteiger partial charge in [-0.1, -0.05) is 36.4 Å². The minimum absolute atomic E-state index is 0.111. The third-order valence-corrected chi connectivity index (χ3v) is 7.46. The highest BCUT2D eigenvalue weighted by atomic mass is 16.5. The first-order chi connectivity index (χ1) is 17.5. The maximum atomic E-state index is 14.4. The highest BCUT2D eigenvalue weighted by Gasteiger charge is 2.61. The van der Waals surface area contributed by atoms with E-state index in [4.69, 9.17) is 9.47 Å². The maximum Gasteiger partial charge on any atom is 0.255 e. The van der Waals surface area contributed by atoms with Gasteiger partial charge in [-0.05, 0) is 49.4 Å². The first-order valence-corrected chi connectivity index (χ1v) is 12.5. The van der Waals surface area contributed by atoms with Crippen molar-refractivity contribution in [1.82, 2.24) is 15.1 Å². The van der Waals surface area contributed by atoms with Crippen LogP contribution in [0.15, 0.2) is 54.6 Å². The molecule has 3 atom stereocenters. The van der Waals surface area contributed by atoms with Gasteiger partial charge in [-0.25, -0.2) is 0 Å². The molecular formula is C28H35N3O5. The van der Waals surface area contributed by atoms with Gasteiger partial charge in [0.15, 0.2) is 0 Å². The number of benzene rings is 2. The number of nitrogens with zero attached hydrogens (tertiary/aromatic N) is 2. The molecule has 2 aliphatic heterocycles. The SMILES string of the molecule is CNC(=O)[C@H]1C[C@]2(CCCCN(CCOC)C2=O)N(C(=O)c2cccc(OC)c2)[C@H]1c1ccccc1. The quantitative estimate of drug-likeness (QED) is 0.641. The Morgan fingerprint density at radius 3 is 2.56 bits per heavy atom. The minimum Gasteiger partial charge on any atom is -0.497 e. The standard InChI is InChI=1S/C28H35N3O5/c1-29-25(32)23-19-28(14-7-8-15-30(27(28)34)16-17-35-2)31(24(23)20-10-5-4-6-11-20)26(33)21-12-9-13-22(18-21)36-3/h4-6,9-13,18,23-24H,7-8,14-17,19H2,1-3H3,(H,29,32)/t23-,24-,28-/m0/s1. The van der Waals surface area contributed by atoms with Crippen molar-refractivity contribution in [3.05, 3.63) is 65.7 Å². The summed E-state index contributed by atoms with van der Waals surface area (Å²) < 4.78 is 10.6. The van der Waals surface area contributed by atoms with Gasteiger partial charge in [0.1, 0.15) is 11.3 Å². The molecule has 1 spiro atoms. The molecule has 2 aromatic carbocycles. The average molecular weight is 494 g/mol. The van der Waals surface area contributed by atoms with E-state index >= 15 is 0 Å². The lowest BCUT2D eigenvalue weighted by molar-refractivity contribution is -0.142. The van der Waals surface area contributed by atoms with E-state index in [1.165, 1.54) is 0 Å². The van der Waals surface area contributed by atoms with Gasteiger partial charge in [0.05, 0.1) is 25.7 Å². The molecule has 192 valence electrons. The fraction of sp³-hybridized carbons (Fsp3) is 0.464. The molecule has 2 heterocycles. The second-order valence-corrected chi connectivity index (χ2v) is 9.46. The molecule has 2 fully saturated rings. The number of rotatable bonds is 7. The molecule has 0 aromatic heterocycles. The van der Waals surface area contributed by atoms with Crippen LogP contribution in [0.4, 0.5) is 0 Å². The zero-order valence-electron chi connectivity index (χ0n) is 21.2. The summed E-state index contributed by atoms with van der Waals surface area (Å²) >= 11 is 0. The second kappa shape index (κ2) is 11.1. The average Bonchev–Trinajstić information content (AvgIpc) is 3.19. The molecule has 0 unspecified atom stereocenters. The Bertz CT molecular complexity index is 1090. The van der Waals surface area contributed by atoms with Crippen LogP contribution in [0.5, 0.6) is 5.75 Å². The van der Waals surface area contributed by atoms with Gasteiger partial charge in [-0.2, -0.15) is 0 Å². The van der Waals surface area contributed by atoms with E-state index in [0.29, 0.717) is 37.4 Å². The number of carbonyl (C=O) groups is 3. The van der Waals surface area contributed by atoms with Crippen molar-refractivity contribution >= 4 is 17.7 Å². The second-order valence-electron chi connectivity index (χ2n) is 9.46. The highest BCUT2D eigenvalue weighted by Crippen LogP contribution is 2.51. The minimum atomic E-state index is -1.14. The van der Waals surface area contributed by atoms with Crippen molar-refractivity contribution in [2.45, 2.75) is 37.3 Å². The molecule has 0 saturated carbocycles. The summed E-state index contributed by atoms with van der Waals surface area (Å²) in [6, 6.07) is 15.9. The molecule has 1 N–H and O–H groups in total. The Morgan fingerprint density at radius 2 is 1.86 bits per heavy atom. The van der Waals surface area contributed by atoms with Crippen molar-refractivity contribution in [3.8, 4) is 5.75 Å². The van der Waals surface area contributed by atoms with Gasteiger partial charge in [-0.15, -0.1) is 0 Å². The molecule has 2 saturated heterocycles. The van der Waals surface area contributed by atoms with Gasteiger partial charge in [-0.3, -0.25) is 14.4 Å². The highest BCUT2D eigenvalue weighted by molar-refractivity contribution is 6.01. The lowest BCUT2D eigenvalue weighted by Crippen LogP contribution is -2.58. The third kappa shape index (κ3) is 4.69. The zero-order valence-corrected chi connectivity index (χ0v) is 21.2. The largest absolute Gasteiger partial charge is 0.497 e. The number of ether oxygens (including phenoxy) is 2. The summed E-state index contributed by atoms with van der Waals surface area (Å²) in [5, 5.41) is 2.78. The molecule has 2 aliphatic rings. The van der Waals surface area contributed by atoms with Crippen LogP contribution in [0, 0.1) is 5.92 Å². The lowest BCUT2D eigenvalue weighted by Gasteiger charge is -2.41. The van der Waals surface area contributed by atoms with Gasteiger partial charge in [0.2, 0.25) is 11.8 Å². The topological polar surface area (TPSA) is 88.2 Å². The summed E-state index contributed by atoms with van der Waals surface area (Å²) in [6.07, 6.45) is 2.38. The molecule has 0 bridgehead atoms. The number of methoxy groups -OCH3 is 2. The van der Waals surface area contributed by atoms with Crippen molar-refractivity contribution < 1.29 is 23.9 Å². The molecule has 2 aromatic rings. The summed E-state index contributed by atoms with van der Waals surface area (Å²) in [5.41, 5.74) is 0.120.